The van der Waals surface area contributed by atoms with Gasteiger partial charge in [0.1, 0.15) is 0 Å². The molecule has 2 aliphatic carbocycles. The zero-order valence-corrected chi connectivity index (χ0v) is 9.42. The number of aromatic amines is 1. The second-order valence-electron chi connectivity index (χ2n) is 4.09. The number of allylic oxidation sites excluding steroid dienone is 2. The Bertz CT molecular complexity index is 524. The van der Waals surface area contributed by atoms with Gasteiger partial charge in [-0.1, -0.05) is 11.8 Å². The van der Waals surface area contributed by atoms with Gasteiger partial charge in [-0.15, -0.1) is 5.10 Å². The van der Waals surface area contributed by atoms with E-state index in [1.54, 1.807) is 10.6 Å². The van der Waals surface area contributed by atoms with Gasteiger partial charge < -0.3 is 0 Å². The summed E-state index contributed by atoms with van der Waals surface area (Å²) in [5.41, 5.74) is -0.144. The van der Waals surface area contributed by atoms with Gasteiger partial charge in [0, 0.05) is 12.5 Å². The molecule has 1 saturated carbocycles. The Morgan fingerprint density at radius 1 is 1.38 bits per heavy atom. The molecule has 2 aliphatic rings. The van der Waals surface area contributed by atoms with Gasteiger partial charge in [-0.3, -0.25) is 9.36 Å². The predicted molar refractivity (Wildman–Crippen MR) is 59.3 cm³/mol. The van der Waals surface area contributed by atoms with E-state index in [9.17, 15) is 9.59 Å². The van der Waals surface area contributed by atoms with E-state index in [0.29, 0.717) is 17.6 Å². The number of ketones is 1. The molecule has 0 atom stereocenters. The first kappa shape index (κ1) is 9.89. The average Bonchev–Trinajstić information content (AvgIpc) is 2.91. The first-order valence-corrected chi connectivity index (χ1v) is 6.14. The number of hydrogen-bond donors (Lipinski definition) is 1. The Labute approximate surface area is 95.9 Å². The van der Waals surface area contributed by atoms with E-state index in [-0.39, 0.29) is 11.5 Å². The van der Waals surface area contributed by atoms with Crippen LogP contribution in [0.2, 0.25) is 0 Å². The number of carbonyl (C=O) groups excluding carboxylic acids is 1. The van der Waals surface area contributed by atoms with E-state index in [0.717, 1.165) is 24.2 Å². The van der Waals surface area contributed by atoms with Gasteiger partial charge in [0.2, 0.25) is 0 Å². The molecule has 84 valence electrons. The molecule has 0 aromatic carbocycles. The van der Waals surface area contributed by atoms with Crippen molar-refractivity contribution < 1.29 is 4.79 Å². The monoisotopic (exact) mass is 237 g/mol. The molecular formula is C10H11N3O2S. The van der Waals surface area contributed by atoms with Crippen LogP contribution < -0.4 is 5.69 Å². The Hall–Kier alpha value is -1.30. The average molecular weight is 237 g/mol. The first-order valence-electron chi connectivity index (χ1n) is 5.32. The van der Waals surface area contributed by atoms with Crippen molar-refractivity contribution in [3.05, 3.63) is 21.5 Å². The molecule has 16 heavy (non-hydrogen) atoms. The maximum absolute atomic E-state index is 11.5. The van der Waals surface area contributed by atoms with Gasteiger partial charge in [0.15, 0.2) is 10.9 Å². The minimum Gasteiger partial charge on any atom is -0.295 e. The molecule has 1 heterocycles. The number of thioether (sulfide) groups is 1. The number of aromatic nitrogens is 3. The third kappa shape index (κ3) is 1.73. The van der Waals surface area contributed by atoms with E-state index in [1.807, 2.05) is 0 Å². The molecule has 0 unspecified atom stereocenters. The molecule has 0 saturated heterocycles. The van der Waals surface area contributed by atoms with Crippen LogP contribution in [0.15, 0.2) is 20.9 Å². The molecule has 0 aliphatic heterocycles. The molecule has 6 heteroatoms. The van der Waals surface area contributed by atoms with Crippen LogP contribution in [0, 0.1) is 0 Å². The highest BCUT2D eigenvalue weighted by Gasteiger charge is 2.29. The van der Waals surface area contributed by atoms with E-state index >= 15 is 0 Å². The lowest BCUT2D eigenvalue weighted by Crippen LogP contribution is -2.16. The molecule has 1 aromatic rings. The van der Waals surface area contributed by atoms with Crippen molar-refractivity contribution in [1.82, 2.24) is 14.8 Å². The van der Waals surface area contributed by atoms with Crippen molar-refractivity contribution >= 4 is 17.5 Å². The Balaban J connectivity index is 1.87. The largest absolute Gasteiger partial charge is 0.344 e. The number of nitrogens with one attached hydrogen (secondary N) is 1. The molecule has 1 N–H and O–H groups in total. The van der Waals surface area contributed by atoms with Gasteiger partial charge in [0.25, 0.3) is 0 Å². The molecule has 3 rings (SSSR count). The van der Waals surface area contributed by atoms with Crippen LogP contribution >= 0.6 is 11.8 Å². The smallest absolute Gasteiger partial charge is 0.295 e. The third-order valence-corrected chi connectivity index (χ3v) is 3.80. The van der Waals surface area contributed by atoms with Gasteiger partial charge >= 0.3 is 5.69 Å². The molecule has 0 spiro atoms. The predicted octanol–water partition coefficient (Wildman–Crippen LogP) is 1.25. The quantitative estimate of drug-likeness (QED) is 0.859. The summed E-state index contributed by atoms with van der Waals surface area (Å²) >= 11 is 1.43. The minimum atomic E-state index is -0.144. The zero-order chi connectivity index (χ0) is 11.1. The molecule has 5 nitrogen and oxygen atoms in total. The van der Waals surface area contributed by atoms with Crippen molar-refractivity contribution in [3.8, 4) is 0 Å². The van der Waals surface area contributed by atoms with E-state index in [1.165, 1.54) is 11.8 Å². The Morgan fingerprint density at radius 2 is 2.19 bits per heavy atom. The zero-order valence-electron chi connectivity index (χ0n) is 8.60. The van der Waals surface area contributed by atoms with Crippen molar-refractivity contribution in [2.24, 2.45) is 0 Å². The van der Waals surface area contributed by atoms with Crippen LogP contribution in [-0.4, -0.2) is 20.5 Å². The lowest BCUT2D eigenvalue weighted by molar-refractivity contribution is -0.114. The van der Waals surface area contributed by atoms with Crippen molar-refractivity contribution in [2.75, 3.05) is 0 Å². The maximum atomic E-state index is 11.5. The fourth-order valence-electron chi connectivity index (χ4n) is 1.79. The molecule has 0 amide bonds. The summed E-state index contributed by atoms with van der Waals surface area (Å²) in [7, 11) is 0. The molecule has 1 fully saturated rings. The Morgan fingerprint density at radius 3 is 2.81 bits per heavy atom. The van der Waals surface area contributed by atoms with E-state index in [4.69, 9.17) is 0 Å². The summed E-state index contributed by atoms with van der Waals surface area (Å²) in [6.07, 6.45) is 5.10. The molecule has 1 aromatic heterocycles. The highest BCUT2D eigenvalue weighted by molar-refractivity contribution is 8.03. The first-order chi connectivity index (χ1) is 7.74. The van der Waals surface area contributed by atoms with Crippen LogP contribution in [0.1, 0.15) is 31.7 Å². The molecular weight excluding hydrogens is 226 g/mol. The van der Waals surface area contributed by atoms with Crippen molar-refractivity contribution in [3.63, 3.8) is 0 Å². The van der Waals surface area contributed by atoms with Gasteiger partial charge in [-0.05, 0) is 30.2 Å². The lowest BCUT2D eigenvalue weighted by Gasteiger charge is -2.02. The second-order valence-corrected chi connectivity index (χ2v) is 5.19. The summed E-state index contributed by atoms with van der Waals surface area (Å²) in [6, 6.07) is 0.312. The number of nitrogens with zero attached hydrogens (tertiary/aromatic N) is 2. The summed E-state index contributed by atoms with van der Waals surface area (Å²) in [4.78, 5) is 23.6. The van der Waals surface area contributed by atoms with E-state index in [2.05, 4.69) is 10.2 Å². The van der Waals surface area contributed by atoms with Crippen LogP contribution in [-0.2, 0) is 4.79 Å². The van der Waals surface area contributed by atoms with Crippen LogP contribution in [0.5, 0.6) is 0 Å². The van der Waals surface area contributed by atoms with Gasteiger partial charge in [-0.25, -0.2) is 9.89 Å². The normalized spacial score (nSPS) is 20.2. The van der Waals surface area contributed by atoms with E-state index < -0.39 is 0 Å². The summed E-state index contributed by atoms with van der Waals surface area (Å²) in [6.45, 7) is 0. The number of carbonyl (C=O) groups is 1. The van der Waals surface area contributed by atoms with Crippen LogP contribution in [0.4, 0.5) is 0 Å². The molecule has 0 radical (unpaired) electrons. The number of hydrogen-bond acceptors (Lipinski definition) is 4. The number of rotatable bonds is 3. The fraction of sp³-hybridized carbons (Fsp3) is 0.500. The van der Waals surface area contributed by atoms with Gasteiger partial charge in [0.05, 0.1) is 0 Å². The minimum absolute atomic E-state index is 0.144. The maximum Gasteiger partial charge on any atom is 0.344 e. The van der Waals surface area contributed by atoms with Crippen LogP contribution in [0.3, 0.4) is 0 Å². The second kappa shape index (κ2) is 3.62. The summed E-state index contributed by atoms with van der Waals surface area (Å²) < 4.78 is 1.70. The Kier molecular flexibility index (Phi) is 2.24. The highest BCUT2D eigenvalue weighted by atomic mass is 32.2. The third-order valence-electron chi connectivity index (χ3n) is 2.75. The van der Waals surface area contributed by atoms with Crippen LogP contribution in [0.25, 0.3) is 0 Å². The lowest BCUT2D eigenvalue weighted by atomic mass is 10.3. The number of H-pyrrole nitrogens is 1. The SMILES string of the molecule is O=C1C=C(Sc2n[nH]c(=O)n2C2CC2)CC1. The fourth-order valence-corrected chi connectivity index (χ4v) is 2.84. The summed E-state index contributed by atoms with van der Waals surface area (Å²) in [5, 5.41) is 7.16. The highest BCUT2D eigenvalue weighted by Crippen LogP contribution is 2.38. The topological polar surface area (TPSA) is 67.8 Å². The van der Waals surface area contributed by atoms with Gasteiger partial charge in [-0.2, -0.15) is 0 Å². The van der Waals surface area contributed by atoms with Crippen molar-refractivity contribution in [1.29, 1.82) is 0 Å². The van der Waals surface area contributed by atoms with Crippen molar-refractivity contribution in [2.45, 2.75) is 36.9 Å². The summed E-state index contributed by atoms with van der Waals surface area (Å²) in [5.74, 6) is 0.165. The molecule has 0 bridgehead atoms. The standard InChI is InChI=1S/C10H11N3O2S/c14-7-3-4-8(5-7)16-10-12-11-9(15)13(10)6-1-2-6/h5-6H,1-4H2,(H,11,15).